The first kappa shape index (κ1) is 19.0. The number of hydrogen-bond acceptors (Lipinski definition) is 4. The fourth-order valence-electron chi connectivity index (χ4n) is 1.01. The van der Waals surface area contributed by atoms with Gasteiger partial charge in [-0.1, -0.05) is 36.1 Å². The number of rotatable bonds is 6. The highest BCUT2D eigenvalue weighted by Gasteiger charge is 1.90. The van der Waals surface area contributed by atoms with Crippen LogP contribution in [-0.2, 0) is 19.1 Å². The van der Waals surface area contributed by atoms with Crippen molar-refractivity contribution in [3.63, 3.8) is 0 Å². The van der Waals surface area contributed by atoms with Crippen molar-refractivity contribution >= 4 is 11.9 Å². The van der Waals surface area contributed by atoms with Crippen molar-refractivity contribution in [3.05, 3.63) is 48.6 Å². The predicted octanol–water partition coefficient (Wildman–Crippen LogP) is 2.34. The van der Waals surface area contributed by atoms with Crippen LogP contribution in [0.1, 0.15) is 13.8 Å². The molecule has 22 heavy (non-hydrogen) atoms. The molecule has 0 aromatic carbocycles. The van der Waals surface area contributed by atoms with Gasteiger partial charge in [0.1, 0.15) is 0 Å². The summed E-state index contributed by atoms with van der Waals surface area (Å²) in [6.07, 6.45) is 12.1. The minimum absolute atomic E-state index is 0.352. The zero-order chi connectivity index (χ0) is 16.5. The van der Waals surface area contributed by atoms with Gasteiger partial charge in [-0.25, -0.2) is 9.59 Å². The van der Waals surface area contributed by atoms with Gasteiger partial charge in [0, 0.05) is 12.2 Å². The highest BCUT2D eigenvalue weighted by molar-refractivity contribution is 5.82. The van der Waals surface area contributed by atoms with Crippen LogP contribution in [0.25, 0.3) is 0 Å². The average Bonchev–Trinajstić information content (AvgIpc) is 2.49. The average molecular weight is 298 g/mol. The first-order valence-corrected chi connectivity index (χ1v) is 6.71. The summed E-state index contributed by atoms with van der Waals surface area (Å²) in [6, 6.07) is 0. The zero-order valence-electron chi connectivity index (χ0n) is 12.7. The summed E-state index contributed by atoms with van der Waals surface area (Å²) in [4.78, 5) is 21.9. The first-order valence-electron chi connectivity index (χ1n) is 6.71. The summed E-state index contributed by atoms with van der Waals surface area (Å²) >= 11 is 0. The van der Waals surface area contributed by atoms with Crippen LogP contribution in [-0.4, -0.2) is 25.2 Å². The molecule has 0 aliphatic carbocycles. The second-order valence-electron chi connectivity index (χ2n) is 3.48. The van der Waals surface area contributed by atoms with Crippen LogP contribution in [0.2, 0.25) is 0 Å². The third kappa shape index (κ3) is 13.5. The first-order chi connectivity index (χ1) is 10.7. The lowest BCUT2D eigenvalue weighted by atomic mass is 10.4. The predicted molar refractivity (Wildman–Crippen MR) is 85.4 cm³/mol. The van der Waals surface area contributed by atoms with E-state index in [1.54, 1.807) is 50.3 Å². The maximum absolute atomic E-state index is 10.9. The van der Waals surface area contributed by atoms with Crippen molar-refractivity contribution in [2.24, 2.45) is 0 Å². The summed E-state index contributed by atoms with van der Waals surface area (Å²) in [5.41, 5.74) is 0. The molecular formula is C18H18O4. The zero-order valence-corrected chi connectivity index (χ0v) is 12.7. The Morgan fingerprint density at radius 1 is 0.773 bits per heavy atom. The van der Waals surface area contributed by atoms with Crippen molar-refractivity contribution in [2.45, 2.75) is 13.8 Å². The van der Waals surface area contributed by atoms with Crippen LogP contribution in [0.3, 0.4) is 0 Å². The van der Waals surface area contributed by atoms with E-state index in [9.17, 15) is 9.59 Å². The number of esters is 2. The third-order valence-corrected chi connectivity index (χ3v) is 1.83. The molecule has 0 fully saturated rings. The van der Waals surface area contributed by atoms with Crippen LogP contribution < -0.4 is 0 Å². The Hall–Kier alpha value is -2.98. The SMILES string of the molecule is CCOC(=O)C=CC=CC#CC#CC=CC=CC(=O)OCC. The fraction of sp³-hybridized carbons (Fsp3) is 0.222. The van der Waals surface area contributed by atoms with Crippen molar-refractivity contribution in [3.8, 4) is 23.7 Å². The van der Waals surface area contributed by atoms with Gasteiger partial charge in [-0.2, -0.15) is 0 Å². The van der Waals surface area contributed by atoms with Crippen molar-refractivity contribution in [1.29, 1.82) is 0 Å². The molecule has 0 bridgehead atoms. The van der Waals surface area contributed by atoms with E-state index in [0.29, 0.717) is 13.2 Å². The molecule has 0 aliphatic heterocycles. The van der Waals surface area contributed by atoms with E-state index in [-0.39, 0.29) is 11.9 Å². The summed E-state index contributed by atoms with van der Waals surface area (Å²) in [6.45, 7) is 4.19. The highest BCUT2D eigenvalue weighted by Crippen LogP contribution is 1.83. The largest absolute Gasteiger partial charge is 0.463 e. The van der Waals surface area contributed by atoms with E-state index in [2.05, 4.69) is 23.7 Å². The minimum atomic E-state index is -0.388. The Balaban J connectivity index is 4.06. The monoisotopic (exact) mass is 298 g/mol. The molecule has 4 heteroatoms. The van der Waals surface area contributed by atoms with Gasteiger partial charge >= 0.3 is 11.9 Å². The second-order valence-corrected chi connectivity index (χ2v) is 3.48. The molecule has 4 nitrogen and oxygen atoms in total. The summed E-state index contributed by atoms with van der Waals surface area (Å²) < 4.78 is 9.40. The lowest BCUT2D eigenvalue weighted by Crippen LogP contribution is -1.98. The van der Waals surface area contributed by atoms with E-state index in [1.165, 1.54) is 12.2 Å². The van der Waals surface area contributed by atoms with E-state index < -0.39 is 0 Å². The number of hydrogen-bond donors (Lipinski definition) is 0. The number of ether oxygens (including phenoxy) is 2. The van der Waals surface area contributed by atoms with Crippen molar-refractivity contribution in [2.75, 3.05) is 13.2 Å². The smallest absolute Gasteiger partial charge is 0.330 e. The third-order valence-electron chi connectivity index (χ3n) is 1.83. The Morgan fingerprint density at radius 3 is 1.55 bits per heavy atom. The molecule has 0 rings (SSSR count). The maximum atomic E-state index is 10.9. The molecule has 0 heterocycles. The van der Waals surface area contributed by atoms with Crippen LogP contribution in [0, 0.1) is 23.7 Å². The maximum Gasteiger partial charge on any atom is 0.330 e. The molecule has 0 aromatic heterocycles. The van der Waals surface area contributed by atoms with E-state index >= 15 is 0 Å². The lowest BCUT2D eigenvalue weighted by molar-refractivity contribution is -0.138. The van der Waals surface area contributed by atoms with Gasteiger partial charge in [0.25, 0.3) is 0 Å². The van der Waals surface area contributed by atoms with Crippen LogP contribution in [0.4, 0.5) is 0 Å². The van der Waals surface area contributed by atoms with Gasteiger partial charge in [0.15, 0.2) is 0 Å². The summed E-state index contributed by atoms with van der Waals surface area (Å²) in [5.74, 6) is 9.80. The van der Waals surface area contributed by atoms with Crippen LogP contribution in [0.15, 0.2) is 48.6 Å². The Labute approximate surface area is 131 Å². The Bertz CT molecular complexity index is 530. The second kappa shape index (κ2) is 14.4. The van der Waals surface area contributed by atoms with Crippen LogP contribution >= 0.6 is 0 Å². The van der Waals surface area contributed by atoms with Gasteiger partial charge in [0.05, 0.1) is 13.2 Å². The van der Waals surface area contributed by atoms with E-state index in [0.717, 1.165) is 0 Å². The van der Waals surface area contributed by atoms with E-state index in [4.69, 9.17) is 9.47 Å². The molecule has 0 atom stereocenters. The van der Waals surface area contributed by atoms with Gasteiger partial charge < -0.3 is 9.47 Å². The minimum Gasteiger partial charge on any atom is -0.463 e. The molecule has 0 amide bonds. The fourth-order valence-corrected chi connectivity index (χ4v) is 1.01. The molecule has 114 valence electrons. The lowest BCUT2D eigenvalue weighted by Gasteiger charge is -1.92. The molecule has 0 unspecified atom stereocenters. The number of carbonyl (C=O) groups excluding carboxylic acids is 2. The summed E-state index contributed by atoms with van der Waals surface area (Å²) in [5, 5.41) is 0. The quantitative estimate of drug-likeness (QED) is 0.327. The topological polar surface area (TPSA) is 52.6 Å². The van der Waals surface area contributed by atoms with Gasteiger partial charge in [-0.15, -0.1) is 0 Å². The Kier molecular flexibility index (Phi) is 12.5. The number of carbonyl (C=O) groups is 2. The molecule has 0 saturated carbocycles. The molecule has 0 aromatic rings. The van der Waals surface area contributed by atoms with Crippen molar-refractivity contribution < 1.29 is 19.1 Å². The molecule has 0 N–H and O–H groups in total. The highest BCUT2D eigenvalue weighted by atomic mass is 16.5. The molecule has 0 spiro atoms. The summed E-state index contributed by atoms with van der Waals surface area (Å²) in [7, 11) is 0. The van der Waals surface area contributed by atoms with E-state index in [1.807, 2.05) is 0 Å². The normalized spacial score (nSPS) is 10.5. The molecular weight excluding hydrogens is 280 g/mol. The molecule has 0 aliphatic rings. The van der Waals surface area contributed by atoms with Gasteiger partial charge in [0.2, 0.25) is 0 Å². The standard InChI is InChI=1S/C18H18O4/c1-3-21-17(19)15-13-11-9-7-5-6-8-10-12-14-16-18(20)22-4-2/h9-16H,3-4H2,1-2H3. The Morgan fingerprint density at radius 2 is 1.18 bits per heavy atom. The number of allylic oxidation sites excluding steroid dienone is 6. The van der Waals surface area contributed by atoms with Gasteiger partial charge in [-0.3, -0.25) is 0 Å². The van der Waals surface area contributed by atoms with Gasteiger partial charge in [-0.05, 0) is 37.8 Å². The molecule has 0 radical (unpaired) electrons. The van der Waals surface area contributed by atoms with Crippen LogP contribution in [0.5, 0.6) is 0 Å². The molecule has 0 saturated heterocycles. The van der Waals surface area contributed by atoms with Crippen molar-refractivity contribution in [1.82, 2.24) is 0 Å².